The Kier molecular flexibility index (Phi) is 9.28. The number of ether oxygens (including phenoxy) is 2. The molecule has 3 nitrogen and oxygen atoms in total. The molecule has 0 aliphatic heterocycles. The van der Waals surface area contributed by atoms with Crippen molar-refractivity contribution in [1.82, 2.24) is 0 Å². The van der Waals surface area contributed by atoms with Crippen LogP contribution in [0.1, 0.15) is 36.2 Å². The number of aldehydes is 1. The summed E-state index contributed by atoms with van der Waals surface area (Å²) in [5.74, 6) is 0.940. The van der Waals surface area contributed by atoms with E-state index in [1.807, 2.05) is 67.6 Å². The number of benzene rings is 4. The summed E-state index contributed by atoms with van der Waals surface area (Å²) in [6.07, 6.45) is 3.20. The minimum absolute atomic E-state index is 0.294. The van der Waals surface area contributed by atoms with Crippen molar-refractivity contribution in [2.75, 3.05) is 13.7 Å². The molecule has 0 spiro atoms. The Balaban J connectivity index is 0.000000257. The molecule has 5 rings (SSSR count). The molecule has 5 aromatic rings. The zero-order valence-electron chi connectivity index (χ0n) is 21.9. The molecular formula is C33H31FO3S. The van der Waals surface area contributed by atoms with E-state index in [1.54, 1.807) is 25.3 Å². The van der Waals surface area contributed by atoms with Crippen LogP contribution in [0.4, 0.5) is 4.39 Å². The maximum absolute atomic E-state index is 14.6. The van der Waals surface area contributed by atoms with Gasteiger partial charge < -0.3 is 9.47 Å². The highest BCUT2D eigenvalue weighted by atomic mass is 32.1. The van der Waals surface area contributed by atoms with Gasteiger partial charge in [-0.2, -0.15) is 0 Å². The van der Waals surface area contributed by atoms with Crippen LogP contribution >= 0.6 is 11.3 Å². The molecular weight excluding hydrogens is 495 g/mol. The average molecular weight is 527 g/mol. The van der Waals surface area contributed by atoms with Crippen LogP contribution in [-0.2, 0) is 6.42 Å². The Hall–Kier alpha value is -3.96. The molecule has 1 aromatic heterocycles. The first-order valence-corrected chi connectivity index (χ1v) is 13.5. The monoisotopic (exact) mass is 526 g/mol. The number of carbonyl (C=O) groups is 1. The van der Waals surface area contributed by atoms with Crippen molar-refractivity contribution in [3.8, 4) is 33.1 Å². The van der Waals surface area contributed by atoms with Gasteiger partial charge in [-0.25, -0.2) is 4.39 Å². The highest BCUT2D eigenvalue weighted by Crippen LogP contribution is 2.38. The predicted molar refractivity (Wildman–Crippen MR) is 156 cm³/mol. The molecule has 0 fully saturated rings. The number of rotatable bonds is 8. The van der Waals surface area contributed by atoms with E-state index < -0.39 is 0 Å². The van der Waals surface area contributed by atoms with Gasteiger partial charge >= 0.3 is 0 Å². The zero-order chi connectivity index (χ0) is 26.9. The average Bonchev–Trinajstić information content (AvgIpc) is 3.41. The lowest BCUT2D eigenvalue weighted by atomic mass is 10.0. The smallest absolute Gasteiger partial charge is 0.182 e. The number of aryl methyl sites for hydroxylation is 1. The van der Waals surface area contributed by atoms with E-state index in [1.165, 1.54) is 23.3 Å². The second-order valence-corrected chi connectivity index (χ2v) is 9.81. The number of hydrogen-bond acceptors (Lipinski definition) is 4. The van der Waals surface area contributed by atoms with E-state index in [9.17, 15) is 9.18 Å². The highest BCUT2D eigenvalue weighted by molar-refractivity contribution is 7.22. The van der Waals surface area contributed by atoms with Gasteiger partial charge in [0.05, 0.1) is 18.4 Å². The molecule has 5 heteroatoms. The normalized spacial score (nSPS) is 10.5. The summed E-state index contributed by atoms with van der Waals surface area (Å²) >= 11 is 1.43. The molecule has 0 bridgehead atoms. The first-order chi connectivity index (χ1) is 18.6. The summed E-state index contributed by atoms with van der Waals surface area (Å²) in [6.45, 7) is 4.47. The quantitative estimate of drug-likeness (QED) is 0.189. The summed E-state index contributed by atoms with van der Waals surface area (Å²) in [4.78, 5) is 11.8. The zero-order valence-corrected chi connectivity index (χ0v) is 22.7. The van der Waals surface area contributed by atoms with Crippen molar-refractivity contribution in [3.63, 3.8) is 0 Å². The Labute approximate surface area is 227 Å². The summed E-state index contributed by atoms with van der Waals surface area (Å²) in [7, 11) is 1.69. The molecule has 1 heterocycles. The van der Waals surface area contributed by atoms with E-state index in [-0.39, 0.29) is 5.82 Å². The molecule has 0 aliphatic carbocycles. The fourth-order valence-corrected chi connectivity index (χ4v) is 5.22. The van der Waals surface area contributed by atoms with Crippen LogP contribution in [-0.4, -0.2) is 20.0 Å². The van der Waals surface area contributed by atoms with Crippen LogP contribution in [0.15, 0.2) is 91.0 Å². The van der Waals surface area contributed by atoms with Gasteiger partial charge in [0.25, 0.3) is 0 Å². The third kappa shape index (κ3) is 6.48. The Bertz CT molecular complexity index is 1470. The van der Waals surface area contributed by atoms with Crippen molar-refractivity contribution in [3.05, 3.63) is 108 Å². The summed E-state index contributed by atoms with van der Waals surface area (Å²) in [5.41, 5.74) is 5.21. The van der Waals surface area contributed by atoms with Crippen LogP contribution in [0.3, 0.4) is 0 Å². The number of fused-ring (bicyclic) bond motifs is 1. The van der Waals surface area contributed by atoms with E-state index in [0.29, 0.717) is 22.6 Å². The summed E-state index contributed by atoms with van der Waals surface area (Å²) in [6, 6.07) is 29.5. The van der Waals surface area contributed by atoms with Gasteiger partial charge in [-0.3, -0.25) is 4.79 Å². The van der Waals surface area contributed by atoms with Crippen molar-refractivity contribution in [2.24, 2.45) is 0 Å². The van der Waals surface area contributed by atoms with E-state index >= 15 is 0 Å². The summed E-state index contributed by atoms with van der Waals surface area (Å²) < 4.78 is 25.6. The van der Waals surface area contributed by atoms with Crippen molar-refractivity contribution in [2.45, 2.75) is 26.7 Å². The van der Waals surface area contributed by atoms with Crippen LogP contribution < -0.4 is 9.47 Å². The van der Waals surface area contributed by atoms with Gasteiger partial charge in [0, 0.05) is 10.4 Å². The third-order valence-electron chi connectivity index (χ3n) is 6.14. The molecule has 0 N–H and O–H groups in total. The van der Waals surface area contributed by atoms with Crippen molar-refractivity contribution in [1.29, 1.82) is 0 Å². The minimum Gasteiger partial charge on any atom is -0.497 e. The fraction of sp³-hybridized carbons (Fsp3) is 0.182. The molecule has 0 saturated carbocycles. The number of halogens is 1. The SMILES string of the molecule is CCCc1ccc(OC)cc1.CCOc1ccc2cc(-c3ccc(-c4ccc(C=O)cc4)cc3)sc2c1F. The van der Waals surface area contributed by atoms with Gasteiger partial charge in [0.1, 0.15) is 12.0 Å². The lowest BCUT2D eigenvalue weighted by molar-refractivity contribution is 0.112. The van der Waals surface area contributed by atoms with Gasteiger partial charge in [-0.15, -0.1) is 11.3 Å². The highest BCUT2D eigenvalue weighted by Gasteiger charge is 2.13. The van der Waals surface area contributed by atoms with Crippen molar-refractivity contribution >= 4 is 27.7 Å². The number of carbonyl (C=O) groups excluding carboxylic acids is 1. The Morgan fingerprint density at radius 1 is 0.816 bits per heavy atom. The van der Waals surface area contributed by atoms with Crippen molar-refractivity contribution < 1.29 is 18.7 Å². The summed E-state index contributed by atoms with van der Waals surface area (Å²) in [5, 5.41) is 0.879. The fourth-order valence-electron chi connectivity index (χ4n) is 4.12. The van der Waals surface area contributed by atoms with Gasteiger partial charge in [0.15, 0.2) is 11.6 Å². The first kappa shape index (κ1) is 27.1. The predicted octanol–water partition coefficient (Wildman–Crippen LogP) is 9.23. The molecule has 38 heavy (non-hydrogen) atoms. The van der Waals surface area contributed by atoms with Crippen LogP contribution in [0.25, 0.3) is 31.7 Å². The molecule has 194 valence electrons. The second-order valence-electron chi connectivity index (χ2n) is 8.75. The van der Waals surface area contributed by atoms with Crippen LogP contribution in [0.2, 0.25) is 0 Å². The van der Waals surface area contributed by atoms with E-state index in [2.05, 4.69) is 19.1 Å². The molecule has 0 amide bonds. The van der Waals surface area contributed by atoms with Crippen LogP contribution in [0.5, 0.6) is 11.5 Å². The van der Waals surface area contributed by atoms with Gasteiger partial charge in [-0.05, 0) is 71.3 Å². The number of thiophene rings is 1. The third-order valence-corrected chi connectivity index (χ3v) is 7.33. The Morgan fingerprint density at radius 2 is 1.45 bits per heavy atom. The molecule has 0 radical (unpaired) electrons. The standard InChI is InChI=1S/C23H17FO2S.C10H14O/c1-2-26-20-12-11-19-13-21(27-23(19)22(20)24)18-9-7-17(8-10-18)16-5-3-15(14-25)4-6-16;1-3-4-9-5-7-10(11-2)8-6-9/h3-14H,2H2,1H3;5-8H,3-4H2,1-2H3. The van der Waals surface area contributed by atoms with E-state index in [0.717, 1.165) is 45.4 Å². The molecule has 0 saturated heterocycles. The minimum atomic E-state index is -0.294. The number of hydrogen-bond donors (Lipinski definition) is 0. The maximum Gasteiger partial charge on any atom is 0.182 e. The molecule has 0 atom stereocenters. The Morgan fingerprint density at radius 3 is 2.03 bits per heavy atom. The second kappa shape index (κ2) is 13.0. The lowest BCUT2D eigenvalue weighted by Crippen LogP contribution is -1.93. The van der Waals surface area contributed by atoms with Crippen LogP contribution in [0, 0.1) is 5.82 Å². The van der Waals surface area contributed by atoms with Gasteiger partial charge in [-0.1, -0.05) is 74.0 Å². The molecule has 0 aliphatic rings. The van der Waals surface area contributed by atoms with Gasteiger partial charge in [0.2, 0.25) is 0 Å². The van der Waals surface area contributed by atoms with E-state index in [4.69, 9.17) is 9.47 Å². The molecule has 0 unspecified atom stereocenters. The largest absolute Gasteiger partial charge is 0.497 e. The first-order valence-electron chi connectivity index (χ1n) is 12.7. The molecule has 4 aromatic carbocycles. The maximum atomic E-state index is 14.6. The number of methoxy groups -OCH3 is 1. The topological polar surface area (TPSA) is 35.5 Å². The lowest BCUT2D eigenvalue weighted by Gasteiger charge is -2.04.